The van der Waals surface area contributed by atoms with Crippen LogP contribution in [-0.4, -0.2) is 29.1 Å². The van der Waals surface area contributed by atoms with Crippen LogP contribution in [0.1, 0.15) is 36.5 Å². The van der Waals surface area contributed by atoms with Crippen LogP contribution in [0.4, 0.5) is 5.69 Å². The second-order valence-corrected chi connectivity index (χ2v) is 5.77. The molecule has 1 aliphatic heterocycles. The predicted molar refractivity (Wildman–Crippen MR) is 80.0 cm³/mol. The summed E-state index contributed by atoms with van der Waals surface area (Å²) in [6, 6.07) is 4.56. The second-order valence-electron chi connectivity index (χ2n) is 4.92. The number of nitrogens with one attached hydrogen (secondary N) is 2. The maximum Gasteiger partial charge on any atom is 0.335 e. The number of hydrogen-bond donors (Lipinski definition) is 3. The summed E-state index contributed by atoms with van der Waals surface area (Å²) in [5.74, 6) is -1.06. The molecule has 0 aromatic heterocycles. The molecule has 1 aliphatic rings. The average molecular weight is 341 g/mol. The van der Waals surface area contributed by atoms with Crippen molar-refractivity contribution in [1.29, 1.82) is 0 Å². The molecular formula is C14H17BrN2O3. The topological polar surface area (TPSA) is 78.4 Å². The molecule has 1 amide bonds. The monoisotopic (exact) mass is 340 g/mol. The first-order valence-electron chi connectivity index (χ1n) is 6.58. The van der Waals surface area contributed by atoms with E-state index in [1.165, 1.54) is 12.1 Å². The number of anilines is 1. The van der Waals surface area contributed by atoms with Gasteiger partial charge in [0.2, 0.25) is 5.91 Å². The highest BCUT2D eigenvalue weighted by molar-refractivity contribution is 9.10. The van der Waals surface area contributed by atoms with Crippen LogP contribution < -0.4 is 10.6 Å². The third kappa shape index (κ3) is 2.86. The molecule has 1 saturated heterocycles. The van der Waals surface area contributed by atoms with Gasteiger partial charge in [-0.1, -0.05) is 6.92 Å². The van der Waals surface area contributed by atoms with Gasteiger partial charge in [-0.05, 0) is 59.9 Å². The first kappa shape index (κ1) is 15.0. The molecule has 0 saturated carbocycles. The Morgan fingerprint density at radius 2 is 2.25 bits per heavy atom. The van der Waals surface area contributed by atoms with Crippen LogP contribution in [0.25, 0.3) is 0 Å². The number of benzene rings is 1. The van der Waals surface area contributed by atoms with Crippen molar-refractivity contribution < 1.29 is 14.7 Å². The minimum Gasteiger partial charge on any atom is -0.478 e. The molecule has 5 nitrogen and oxygen atoms in total. The van der Waals surface area contributed by atoms with Crippen LogP contribution in [0.5, 0.6) is 0 Å². The summed E-state index contributed by atoms with van der Waals surface area (Å²) in [5.41, 5.74) is 0.255. The lowest BCUT2D eigenvalue weighted by Gasteiger charge is -2.27. The van der Waals surface area contributed by atoms with Crippen LogP contribution in [0, 0.1) is 0 Å². The zero-order valence-electron chi connectivity index (χ0n) is 11.2. The Bertz CT molecular complexity index is 539. The molecule has 20 heavy (non-hydrogen) atoms. The predicted octanol–water partition coefficient (Wildman–Crippen LogP) is 2.62. The molecule has 0 aliphatic carbocycles. The number of carboxylic acids is 1. The van der Waals surface area contributed by atoms with Crippen LogP contribution in [0.2, 0.25) is 0 Å². The van der Waals surface area contributed by atoms with Gasteiger partial charge in [0.1, 0.15) is 0 Å². The molecule has 1 aromatic carbocycles. The quantitative estimate of drug-likeness (QED) is 0.787. The van der Waals surface area contributed by atoms with E-state index in [9.17, 15) is 9.59 Å². The highest BCUT2D eigenvalue weighted by Crippen LogP contribution is 2.28. The van der Waals surface area contributed by atoms with Gasteiger partial charge in [-0.15, -0.1) is 0 Å². The summed E-state index contributed by atoms with van der Waals surface area (Å²) in [4.78, 5) is 23.3. The number of carbonyl (C=O) groups excluding carboxylic acids is 1. The third-order valence-corrected chi connectivity index (χ3v) is 4.40. The van der Waals surface area contributed by atoms with Crippen molar-refractivity contribution in [3.05, 3.63) is 28.2 Å². The fourth-order valence-electron chi connectivity index (χ4n) is 2.45. The first-order valence-corrected chi connectivity index (χ1v) is 7.37. The lowest BCUT2D eigenvalue weighted by molar-refractivity contribution is -0.122. The van der Waals surface area contributed by atoms with Crippen LogP contribution >= 0.6 is 15.9 Å². The number of rotatable bonds is 4. The molecule has 0 spiro atoms. The SMILES string of the molecule is CCC1(C(=O)Nc2ccc(C(=O)O)cc2Br)CCCN1. The Morgan fingerprint density at radius 1 is 1.50 bits per heavy atom. The molecule has 1 unspecified atom stereocenters. The van der Waals surface area contributed by atoms with E-state index in [1.54, 1.807) is 6.07 Å². The Morgan fingerprint density at radius 3 is 2.75 bits per heavy atom. The summed E-state index contributed by atoms with van der Waals surface area (Å²) < 4.78 is 0.565. The van der Waals surface area contributed by atoms with Crippen LogP contribution in [0.3, 0.4) is 0 Å². The molecule has 1 heterocycles. The molecule has 6 heteroatoms. The summed E-state index contributed by atoms with van der Waals surface area (Å²) in [7, 11) is 0. The largest absolute Gasteiger partial charge is 0.478 e. The van der Waals surface area contributed by atoms with Crippen molar-refractivity contribution in [2.75, 3.05) is 11.9 Å². The minimum absolute atomic E-state index is 0.0683. The van der Waals surface area contributed by atoms with E-state index in [4.69, 9.17) is 5.11 Å². The number of carbonyl (C=O) groups is 2. The van der Waals surface area contributed by atoms with E-state index in [-0.39, 0.29) is 11.5 Å². The average Bonchev–Trinajstić information content (AvgIpc) is 2.90. The molecule has 1 atom stereocenters. The molecule has 108 valence electrons. The van der Waals surface area contributed by atoms with Gasteiger partial charge in [0.15, 0.2) is 0 Å². The number of amides is 1. The van der Waals surface area contributed by atoms with Gasteiger partial charge >= 0.3 is 5.97 Å². The molecule has 1 fully saturated rings. The molecule has 0 radical (unpaired) electrons. The van der Waals surface area contributed by atoms with E-state index < -0.39 is 11.5 Å². The lowest BCUT2D eigenvalue weighted by Crippen LogP contribution is -2.50. The van der Waals surface area contributed by atoms with Gasteiger partial charge in [-0.25, -0.2) is 4.79 Å². The van der Waals surface area contributed by atoms with Crippen molar-refractivity contribution in [2.45, 2.75) is 31.7 Å². The Balaban J connectivity index is 2.17. The zero-order chi connectivity index (χ0) is 14.8. The number of hydrogen-bond acceptors (Lipinski definition) is 3. The molecular weight excluding hydrogens is 324 g/mol. The van der Waals surface area contributed by atoms with Gasteiger partial charge in [0.05, 0.1) is 16.8 Å². The lowest BCUT2D eigenvalue weighted by atomic mass is 9.93. The smallest absolute Gasteiger partial charge is 0.335 e. The van der Waals surface area contributed by atoms with E-state index in [0.29, 0.717) is 10.2 Å². The highest BCUT2D eigenvalue weighted by atomic mass is 79.9. The van der Waals surface area contributed by atoms with Crippen molar-refractivity contribution in [1.82, 2.24) is 5.32 Å². The maximum absolute atomic E-state index is 12.4. The molecule has 1 aromatic rings. The van der Waals surface area contributed by atoms with Gasteiger partial charge in [0, 0.05) is 4.47 Å². The Labute approximate surface area is 125 Å². The van der Waals surface area contributed by atoms with Crippen molar-refractivity contribution in [3.8, 4) is 0 Å². The summed E-state index contributed by atoms with van der Waals surface area (Å²) >= 11 is 3.29. The van der Waals surface area contributed by atoms with E-state index in [0.717, 1.165) is 25.8 Å². The Kier molecular flexibility index (Phi) is 4.45. The van der Waals surface area contributed by atoms with E-state index in [2.05, 4.69) is 26.6 Å². The van der Waals surface area contributed by atoms with Crippen LogP contribution in [-0.2, 0) is 4.79 Å². The first-order chi connectivity index (χ1) is 9.48. The number of aromatic carboxylic acids is 1. The minimum atomic E-state index is -0.994. The standard InChI is InChI=1S/C14H17BrN2O3/c1-2-14(6-3-7-16-14)13(20)17-11-5-4-9(12(18)19)8-10(11)15/h4-5,8,16H,2-3,6-7H2,1H3,(H,17,20)(H,18,19). The van der Waals surface area contributed by atoms with Crippen molar-refractivity contribution in [3.63, 3.8) is 0 Å². The summed E-state index contributed by atoms with van der Waals surface area (Å²) in [6.45, 7) is 2.83. The highest BCUT2D eigenvalue weighted by Gasteiger charge is 2.39. The number of carboxylic acid groups (broad SMARTS) is 1. The summed E-state index contributed by atoms with van der Waals surface area (Å²) in [5, 5.41) is 15.1. The maximum atomic E-state index is 12.4. The zero-order valence-corrected chi connectivity index (χ0v) is 12.8. The van der Waals surface area contributed by atoms with Gasteiger partial charge in [0.25, 0.3) is 0 Å². The van der Waals surface area contributed by atoms with Crippen molar-refractivity contribution >= 4 is 33.5 Å². The fourth-order valence-corrected chi connectivity index (χ4v) is 2.93. The van der Waals surface area contributed by atoms with Gasteiger partial charge in [-0.2, -0.15) is 0 Å². The van der Waals surface area contributed by atoms with Crippen LogP contribution in [0.15, 0.2) is 22.7 Å². The molecule has 3 N–H and O–H groups in total. The van der Waals surface area contributed by atoms with E-state index in [1.807, 2.05) is 6.92 Å². The Hall–Kier alpha value is -1.40. The third-order valence-electron chi connectivity index (χ3n) is 3.75. The van der Waals surface area contributed by atoms with E-state index >= 15 is 0 Å². The second kappa shape index (κ2) is 5.93. The number of halogens is 1. The molecule has 0 bridgehead atoms. The van der Waals surface area contributed by atoms with Gasteiger partial charge < -0.3 is 15.7 Å². The fraction of sp³-hybridized carbons (Fsp3) is 0.429. The molecule has 2 rings (SSSR count). The van der Waals surface area contributed by atoms with Crippen molar-refractivity contribution in [2.24, 2.45) is 0 Å². The summed E-state index contributed by atoms with van der Waals surface area (Å²) in [6.07, 6.45) is 2.53. The van der Waals surface area contributed by atoms with Gasteiger partial charge in [-0.3, -0.25) is 4.79 Å². The normalized spacial score (nSPS) is 21.7.